The van der Waals surface area contributed by atoms with E-state index in [1.54, 1.807) is 0 Å². The lowest BCUT2D eigenvalue weighted by Gasteiger charge is -2.23. The third-order valence-corrected chi connectivity index (χ3v) is 2.84. The highest BCUT2D eigenvalue weighted by Gasteiger charge is 2.13. The molecule has 0 heterocycles. The highest BCUT2D eigenvalue weighted by atomic mass is 19.1. The lowest BCUT2D eigenvalue weighted by molar-refractivity contribution is 0.462. The smallest absolute Gasteiger partial charge is 0.128 e. The maximum atomic E-state index is 12.9. The van der Waals surface area contributed by atoms with Crippen LogP contribution in [0.15, 0.2) is 18.2 Å². The molecule has 2 rings (SSSR count). The van der Waals surface area contributed by atoms with Crippen molar-refractivity contribution < 1.29 is 8.78 Å². The zero-order valence-corrected chi connectivity index (χ0v) is 8.60. The number of halogens is 2. The fourth-order valence-corrected chi connectivity index (χ4v) is 2.12. The lowest BCUT2D eigenvalue weighted by Crippen LogP contribution is -2.22. The Kier molecular flexibility index (Phi) is 3.19. The average Bonchev–Trinajstić information content (AvgIpc) is 2.17. The van der Waals surface area contributed by atoms with Crippen LogP contribution >= 0.6 is 0 Å². The van der Waals surface area contributed by atoms with Gasteiger partial charge >= 0.3 is 0 Å². The number of rotatable bonds is 2. The van der Waals surface area contributed by atoms with Crippen LogP contribution in [0.3, 0.4) is 0 Å². The number of benzene rings is 1. The molecule has 0 aliphatic heterocycles. The van der Waals surface area contributed by atoms with Crippen LogP contribution in [0.25, 0.3) is 0 Å². The van der Waals surface area contributed by atoms with Gasteiger partial charge in [-0.2, -0.15) is 0 Å². The topological polar surface area (TPSA) is 12.0 Å². The van der Waals surface area contributed by atoms with E-state index in [-0.39, 0.29) is 0 Å². The largest absolute Gasteiger partial charge is 0.382 e. The van der Waals surface area contributed by atoms with Gasteiger partial charge in [0.2, 0.25) is 0 Å². The summed E-state index contributed by atoms with van der Waals surface area (Å²) >= 11 is 0. The summed E-state index contributed by atoms with van der Waals surface area (Å²) < 4.78 is 25.8. The van der Waals surface area contributed by atoms with Crippen LogP contribution in [0.4, 0.5) is 14.5 Å². The molecule has 0 spiro atoms. The summed E-state index contributed by atoms with van der Waals surface area (Å²) in [4.78, 5) is 0. The molecule has 0 bridgehead atoms. The minimum Gasteiger partial charge on any atom is -0.382 e. The van der Waals surface area contributed by atoms with Crippen LogP contribution in [0.5, 0.6) is 0 Å². The molecule has 1 aliphatic rings. The quantitative estimate of drug-likeness (QED) is 0.786. The first-order chi connectivity index (χ1) is 7.24. The van der Waals surface area contributed by atoms with Crippen LogP contribution in [0, 0.1) is 11.6 Å². The monoisotopic (exact) mass is 211 g/mol. The van der Waals surface area contributed by atoms with E-state index < -0.39 is 11.6 Å². The maximum absolute atomic E-state index is 12.9. The van der Waals surface area contributed by atoms with Gasteiger partial charge < -0.3 is 5.32 Å². The molecular weight excluding hydrogens is 196 g/mol. The summed E-state index contributed by atoms with van der Waals surface area (Å²) in [5.41, 5.74) is 0.555. The second-order valence-corrected chi connectivity index (χ2v) is 4.14. The molecule has 0 unspecified atom stereocenters. The minimum atomic E-state index is -0.520. The summed E-state index contributed by atoms with van der Waals surface area (Å²) in [5.74, 6) is -1.04. The SMILES string of the molecule is Fc1cc(F)cc(NC2CCCCC2)c1. The normalized spacial score (nSPS) is 17.7. The second-order valence-electron chi connectivity index (χ2n) is 4.14. The van der Waals surface area contributed by atoms with Gasteiger partial charge in [0.05, 0.1) is 0 Å². The average molecular weight is 211 g/mol. The van der Waals surface area contributed by atoms with Crippen molar-refractivity contribution in [1.82, 2.24) is 0 Å². The lowest BCUT2D eigenvalue weighted by atomic mass is 9.95. The molecular formula is C12H15F2N. The van der Waals surface area contributed by atoms with Crippen LogP contribution in [0.1, 0.15) is 32.1 Å². The van der Waals surface area contributed by atoms with E-state index >= 15 is 0 Å². The van der Waals surface area contributed by atoms with Gasteiger partial charge in [0, 0.05) is 17.8 Å². The first-order valence-electron chi connectivity index (χ1n) is 5.47. The fraction of sp³-hybridized carbons (Fsp3) is 0.500. The van der Waals surface area contributed by atoms with E-state index in [4.69, 9.17) is 0 Å². The van der Waals surface area contributed by atoms with Crippen LogP contribution < -0.4 is 5.32 Å². The predicted octanol–water partition coefficient (Wildman–Crippen LogP) is 3.71. The molecule has 1 saturated carbocycles. The molecule has 0 radical (unpaired) electrons. The second kappa shape index (κ2) is 4.60. The summed E-state index contributed by atoms with van der Waals surface area (Å²) in [6.07, 6.45) is 5.87. The van der Waals surface area contributed by atoms with Crippen molar-refractivity contribution in [2.45, 2.75) is 38.1 Å². The van der Waals surface area contributed by atoms with Crippen LogP contribution in [-0.2, 0) is 0 Å². The Balaban J connectivity index is 2.02. The Hall–Kier alpha value is -1.12. The van der Waals surface area contributed by atoms with Gasteiger partial charge in [-0.3, -0.25) is 0 Å². The molecule has 0 amide bonds. The molecule has 1 nitrogen and oxygen atoms in total. The van der Waals surface area contributed by atoms with Gasteiger partial charge in [-0.15, -0.1) is 0 Å². The molecule has 1 fully saturated rings. The molecule has 15 heavy (non-hydrogen) atoms. The highest BCUT2D eigenvalue weighted by Crippen LogP contribution is 2.22. The van der Waals surface area contributed by atoms with Crippen LogP contribution in [0.2, 0.25) is 0 Å². The molecule has 0 aromatic heterocycles. The summed E-state index contributed by atoms with van der Waals surface area (Å²) in [6, 6.07) is 3.96. The number of anilines is 1. The zero-order valence-electron chi connectivity index (χ0n) is 8.60. The van der Waals surface area contributed by atoms with Crippen molar-refractivity contribution in [1.29, 1.82) is 0 Å². The van der Waals surface area contributed by atoms with Gasteiger partial charge in [0.15, 0.2) is 0 Å². The van der Waals surface area contributed by atoms with E-state index in [1.807, 2.05) is 0 Å². The van der Waals surface area contributed by atoms with Gasteiger partial charge in [-0.25, -0.2) is 8.78 Å². The minimum absolute atomic E-state index is 0.375. The van der Waals surface area contributed by atoms with E-state index in [9.17, 15) is 8.78 Å². The molecule has 82 valence electrons. The van der Waals surface area contributed by atoms with Crippen molar-refractivity contribution >= 4 is 5.69 Å². The van der Waals surface area contributed by atoms with E-state index in [2.05, 4.69) is 5.32 Å². The van der Waals surface area contributed by atoms with Crippen molar-refractivity contribution in [3.05, 3.63) is 29.8 Å². The first kappa shape index (κ1) is 10.4. The highest BCUT2D eigenvalue weighted by molar-refractivity contribution is 5.44. The Labute approximate surface area is 88.5 Å². The van der Waals surface area contributed by atoms with Crippen molar-refractivity contribution in [3.8, 4) is 0 Å². The molecule has 1 aromatic rings. The summed E-state index contributed by atoms with van der Waals surface area (Å²) in [7, 11) is 0. The molecule has 1 aromatic carbocycles. The number of nitrogens with one attached hydrogen (secondary N) is 1. The summed E-state index contributed by atoms with van der Waals surface area (Å²) in [6.45, 7) is 0. The molecule has 0 saturated heterocycles. The van der Waals surface area contributed by atoms with Gasteiger partial charge in [-0.05, 0) is 25.0 Å². The Morgan fingerprint density at radius 1 is 0.933 bits per heavy atom. The Bertz CT molecular complexity index is 312. The molecule has 3 heteroatoms. The Morgan fingerprint density at radius 3 is 2.13 bits per heavy atom. The van der Waals surface area contributed by atoms with Crippen molar-refractivity contribution in [2.24, 2.45) is 0 Å². The number of hydrogen-bond donors (Lipinski definition) is 1. The predicted molar refractivity (Wildman–Crippen MR) is 56.9 cm³/mol. The van der Waals surface area contributed by atoms with E-state index in [0.29, 0.717) is 11.7 Å². The fourth-order valence-electron chi connectivity index (χ4n) is 2.12. The van der Waals surface area contributed by atoms with Crippen LogP contribution in [-0.4, -0.2) is 6.04 Å². The maximum Gasteiger partial charge on any atom is 0.128 e. The van der Waals surface area contributed by atoms with Crippen molar-refractivity contribution in [2.75, 3.05) is 5.32 Å². The Morgan fingerprint density at radius 2 is 1.53 bits per heavy atom. The molecule has 1 aliphatic carbocycles. The third-order valence-electron chi connectivity index (χ3n) is 2.84. The summed E-state index contributed by atoms with van der Waals surface area (Å²) in [5, 5.41) is 3.18. The standard InChI is InChI=1S/C12H15F2N/c13-9-6-10(14)8-12(7-9)15-11-4-2-1-3-5-11/h6-8,11,15H,1-5H2. The van der Waals surface area contributed by atoms with E-state index in [0.717, 1.165) is 18.9 Å². The van der Waals surface area contributed by atoms with Gasteiger partial charge in [-0.1, -0.05) is 19.3 Å². The first-order valence-corrected chi connectivity index (χ1v) is 5.47. The number of hydrogen-bond acceptors (Lipinski definition) is 1. The zero-order chi connectivity index (χ0) is 10.7. The van der Waals surface area contributed by atoms with E-state index in [1.165, 1.54) is 31.4 Å². The third kappa shape index (κ3) is 2.91. The molecule has 1 N–H and O–H groups in total. The van der Waals surface area contributed by atoms with Crippen molar-refractivity contribution in [3.63, 3.8) is 0 Å². The molecule has 0 atom stereocenters. The van der Waals surface area contributed by atoms with Gasteiger partial charge in [0.1, 0.15) is 11.6 Å². The van der Waals surface area contributed by atoms with Gasteiger partial charge in [0.25, 0.3) is 0 Å².